The molecule has 4 rings (SSSR count). The third kappa shape index (κ3) is 4.28. The molecule has 154 valence electrons. The van der Waals surface area contributed by atoms with Gasteiger partial charge in [0, 0.05) is 18.0 Å². The lowest BCUT2D eigenvalue weighted by Crippen LogP contribution is -2.29. The second kappa shape index (κ2) is 8.36. The first-order valence-electron chi connectivity index (χ1n) is 9.74. The monoisotopic (exact) mass is 432 g/mol. The SMILES string of the molecule is Cc1ccc(S(O)(O)N(Cc2nnc3n2CCCCC3)c2ccc(Cl)cc2)cc1. The van der Waals surface area contributed by atoms with Crippen LogP contribution in [0.1, 0.15) is 36.5 Å². The summed E-state index contributed by atoms with van der Waals surface area (Å²) in [4.78, 5) is 0.466. The van der Waals surface area contributed by atoms with Gasteiger partial charge in [-0.25, -0.2) is 0 Å². The molecule has 3 aromatic rings. The normalized spacial score (nSPS) is 14.9. The summed E-state index contributed by atoms with van der Waals surface area (Å²) < 4.78 is 26.3. The van der Waals surface area contributed by atoms with E-state index in [9.17, 15) is 9.11 Å². The van der Waals surface area contributed by atoms with Crippen LogP contribution in [0.15, 0.2) is 53.4 Å². The van der Waals surface area contributed by atoms with Gasteiger partial charge in [0.05, 0.1) is 17.1 Å². The van der Waals surface area contributed by atoms with Crippen LogP contribution in [0, 0.1) is 6.92 Å². The van der Waals surface area contributed by atoms with Crippen molar-refractivity contribution in [3.05, 3.63) is 70.8 Å². The predicted octanol–water partition coefficient (Wildman–Crippen LogP) is 5.70. The average molecular weight is 433 g/mol. The highest BCUT2D eigenvalue weighted by Gasteiger charge is 2.28. The number of aromatic nitrogens is 3. The Morgan fingerprint density at radius 2 is 1.72 bits per heavy atom. The van der Waals surface area contributed by atoms with E-state index in [1.54, 1.807) is 40.7 Å². The van der Waals surface area contributed by atoms with E-state index in [-0.39, 0.29) is 6.54 Å². The molecule has 2 aromatic carbocycles. The lowest BCUT2D eigenvalue weighted by Gasteiger charge is -2.44. The number of hydrogen-bond donors (Lipinski definition) is 2. The molecule has 0 saturated heterocycles. The Morgan fingerprint density at radius 1 is 1.00 bits per heavy atom. The molecule has 1 aliphatic rings. The van der Waals surface area contributed by atoms with Crippen molar-refractivity contribution in [1.29, 1.82) is 0 Å². The van der Waals surface area contributed by atoms with E-state index in [1.807, 2.05) is 19.1 Å². The highest BCUT2D eigenvalue weighted by atomic mass is 35.5. The Balaban J connectivity index is 1.74. The first kappa shape index (κ1) is 20.2. The molecule has 0 aliphatic carbocycles. The number of anilines is 1. The molecule has 6 nitrogen and oxygen atoms in total. The zero-order chi connectivity index (χ0) is 20.4. The summed E-state index contributed by atoms with van der Waals surface area (Å²) in [7, 11) is -3.29. The van der Waals surface area contributed by atoms with Gasteiger partial charge in [-0.1, -0.05) is 46.5 Å². The Labute approximate surface area is 177 Å². The van der Waals surface area contributed by atoms with Gasteiger partial charge in [-0.3, -0.25) is 13.4 Å². The van der Waals surface area contributed by atoms with Crippen LogP contribution in [-0.2, 0) is 19.5 Å². The van der Waals surface area contributed by atoms with Gasteiger partial charge in [-0.05, 0) is 56.2 Å². The Morgan fingerprint density at radius 3 is 2.45 bits per heavy atom. The molecule has 29 heavy (non-hydrogen) atoms. The molecule has 0 spiro atoms. The van der Waals surface area contributed by atoms with Gasteiger partial charge in [0.15, 0.2) is 5.82 Å². The van der Waals surface area contributed by atoms with E-state index in [1.165, 1.54) is 6.42 Å². The van der Waals surface area contributed by atoms with E-state index >= 15 is 0 Å². The van der Waals surface area contributed by atoms with Crippen LogP contribution >= 0.6 is 22.4 Å². The Hall–Kier alpha value is -2.06. The average Bonchev–Trinajstić information content (AvgIpc) is 2.93. The summed E-state index contributed by atoms with van der Waals surface area (Å²) in [5.74, 6) is 1.71. The van der Waals surface area contributed by atoms with Gasteiger partial charge in [0.1, 0.15) is 5.82 Å². The number of benzene rings is 2. The molecule has 0 fully saturated rings. The van der Waals surface area contributed by atoms with Crippen LogP contribution in [0.25, 0.3) is 0 Å². The fraction of sp³-hybridized carbons (Fsp3) is 0.333. The van der Waals surface area contributed by atoms with Gasteiger partial charge in [-0.15, -0.1) is 10.2 Å². The van der Waals surface area contributed by atoms with E-state index < -0.39 is 10.8 Å². The van der Waals surface area contributed by atoms with Crippen molar-refractivity contribution in [2.24, 2.45) is 0 Å². The van der Waals surface area contributed by atoms with Crippen molar-refractivity contribution >= 4 is 28.1 Å². The van der Waals surface area contributed by atoms with Crippen LogP contribution in [0.5, 0.6) is 0 Å². The highest BCUT2D eigenvalue weighted by Crippen LogP contribution is 2.54. The molecule has 0 atom stereocenters. The first-order valence-corrected chi connectivity index (χ1v) is 11.6. The maximum atomic E-state index is 11.3. The summed E-state index contributed by atoms with van der Waals surface area (Å²) >= 11 is 6.06. The van der Waals surface area contributed by atoms with E-state index in [0.29, 0.717) is 15.6 Å². The topological polar surface area (TPSA) is 74.4 Å². The zero-order valence-electron chi connectivity index (χ0n) is 16.3. The van der Waals surface area contributed by atoms with Crippen LogP contribution in [0.2, 0.25) is 5.02 Å². The van der Waals surface area contributed by atoms with Crippen LogP contribution in [0.3, 0.4) is 0 Å². The number of hydrogen-bond acceptors (Lipinski definition) is 5. The third-order valence-electron chi connectivity index (χ3n) is 5.23. The zero-order valence-corrected chi connectivity index (χ0v) is 17.9. The summed E-state index contributed by atoms with van der Waals surface area (Å²) in [5.41, 5.74) is 1.73. The number of rotatable bonds is 5. The van der Waals surface area contributed by atoms with Crippen molar-refractivity contribution in [1.82, 2.24) is 14.8 Å². The van der Waals surface area contributed by atoms with Crippen LogP contribution in [0.4, 0.5) is 5.69 Å². The molecule has 2 N–H and O–H groups in total. The van der Waals surface area contributed by atoms with Gasteiger partial charge in [0.2, 0.25) is 0 Å². The fourth-order valence-corrected chi connectivity index (χ4v) is 5.17. The number of halogens is 1. The minimum atomic E-state index is -3.29. The van der Waals surface area contributed by atoms with Crippen molar-refractivity contribution in [3.8, 4) is 0 Å². The van der Waals surface area contributed by atoms with Gasteiger partial charge in [-0.2, -0.15) is 0 Å². The van der Waals surface area contributed by atoms with Gasteiger partial charge < -0.3 is 4.57 Å². The minimum Gasteiger partial charge on any atom is -0.313 e. The largest absolute Gasteiger partial charge is 0.313 e. The lowest BCUT2D eigenvalue weighted by molar-refractivity contribution is 0.478. The van der Waals surface area contributed by atoms with Gasteiger partial charge >= 0.3 is 0 Å². The maximum absolute atomic E-state index is 11.3. The number of nitrogens with zero attached hydrogens (tertiary/aromatic N) is 4. The third-order valence-corrected chi connectivity index (χ3v) is 7.34. The molecule has 0 saturated carbocycles. The second-order valence-electron chi connectivity index (χ2n) is 7.34. The van der Waals surface area contributed by atoms with E-state index in [4.69, 9.17) is 11.6 Å². The van der Waals surface area contributed by atoms with Crippen molar-refractivity contribution in [3.63, 3.8) is 0 Å². The minimum absolute atomic E-state index is 0.241. The molecule has 0 bridgehead atoms. The van der Waals surface area contributed by atoms with E-state index in [2.05, 4.69) is 14.8 Å². The predicted molar refractivity (Wildman–Crippen MR) is 118 cm³/mol. The molecule has 1 aliphatic heterocycles. The van der Waals surface area contributed by atoms with Crippen LogP contribution in [-0.4, -0.2) is 23.9 Å². The van der Waals surface area contributed by atoms with Gasteiger partial charge in [0.25, 0.3) is 0 Å². The van der Waals surface area contributed by atoms with E-state index in [0.717, 1.165) is 43.0 Å². The molecule has 0 amide bonds. The highest BCUT2D eigenvalue weighted by molar-refractivity contribution is 8.25. The first-order chi connectivity index (χ1) is 13.9. The van der Waals surface area contributed by atoms with Crippen molar-refractivity contribution in [2.45, 2.75) is 50.6 Å². The second-order valence-corrected chi connectivity index (χ2v) is 9.73. The molecule has 8 heteroatoms. The molecule has 0 unspecified atom stereocenters. The summed E-state index contributed by atoms with van der Waals surface area (Å²) in [6.45, 7) is 3.07. The van der Waals surface area contributed by atoms with Crippen LogP contribution < -0.4 is 4.31 Å². The Kier molecular flexibility index (Phi) is 5.83. The summed E-state index contributed by atoms with van der Waals surface area (Å²) in [5, 5.41) is 9.33. The lowest BCUT2D eigenvalue weighted by atomic mass is 10.2. The van der Waals surface area contributed by atoms with Crippen molar-refractivity contribution in [2.75, 3.05) is 4.31 Å². The summed E-state index contributed by atoms with van der Waals surface area (Å²) in [6.07, 6.45) is 4.26. The number of fused-ring (bicyclic) bond motifs is 1. The molecule has 0 radical (unpaired) electrons. The van der Waals surface area contributed by atoms with Crippen molar-refractivity contribution < 1.29 is 9.11 Å². The standard InChI is InChI=1S/C21H25ClN4O2S/c1-16-6-12-19(13-7-16)29(27,28)26(18-10-8-17(22)9-11-18)15-21-24-23-20-5-3-2-4-14-25(20)21/h6-13,27-28H,2-5,14-15H2,1H3. The molecular weight excluding hydrogens is 408 g/mol. The quantitative estimate of drug-likeness (QED) is 0.541. The summed E-state index contributed by atoms with van der Waals surface area (Å²) in [6, 6.07) is 14.4. The smallest absolute Gasteiger partial charge is 0.154 e. The Bertz CT molecular complexity index is 973. The molecule has 2 heterocycles. The molecule has 1 aromatic heterocycles. The molecular formula is C21H25ClN4O2S. The maximum Gasteiger partial charge on any atom is 0.154 e. The number of aryl methyl sites for hydroxylation is 2. The fourth-order valence-electron chi connectivity index (χ4n) is 3.57.